The first-order valence-electron chi connectivity index (χ1n) is 8.21. The summed E-state index contributed by atoms with van der Waals surface area (Å²) in [6, 6.07) is 1.62. The van der Waals surface area contributed by atoms with Crippen molar-refractivity contribution >= 4 is 11.6 Å². The van der Waals surface area contributed by atoms with Gasteiger partial charge >= 0.3 is 6.18 Å². The van der Waals surface area contributed by atoms with Crippen LogP contribution in [0.25, 0.3) is 0 Å². The van der Waals surface area contributed by atoms with Crippen molar-refractivity contribution in [3.8, 4) is 11.5 Å². The molecule has 3 rings (SSSR count). The van der Waals surface area contributed by atoms with Crippen LogP contribution in [0.4, 0.5) is 18.9 Å². The number of nitrogens with zero attached hydrogens (tertiary/aromatic N) is 1. The smallest absolute Gasteiger partial charge is 0.391 e. The molecule has 2 atom stereocenters. The van der Waals surface area contributed by atoms with E-state index >= 15 is 0 Å². The quantitative estimate of drug-likeness (QED) is 0.648. The van der Waals surface area contributed by atoms with Gasteiger partial charge in [0, 0.05) is 12.1 Å². The fraction of sp³-hybridized carbons (Fsp3) is 0.562. The number of hydrogen-bond donors (Lipinski definition) is 1. The summed E-state index contributed by atoms with van der Waals surface area (Å²) in [5.74, 6) is -1.91. The lowest BCUT2D eigenvalue weighted by Crippen LogP contribution is -2.41. The molecule has 0 aromatic heterocycles. The van der Waals surface area contributed by atoms with E-state index in [0.717, 1.165) is 6.07 Å². The Hall–Kier alpha value is -2.52. The zero-order valence-corrected chi connectivity index (χ0v) is 13.7. The first-order valence-corrected chi connectivity index (χ1v) is 8.21. The van der Waals surface area contributed by atoms with Crippen molar-refractivity contribution in [2.75, 3.05) is 13.2 Å². The van der Waals surface area contributed by atoms with Gasteiger partial charge in [-0.05, 0) is 19.3 Å². The van der Waals surface area contributed by atoms with Gasteiger partial charge < -0.3 is 14.8 Å². The fourth-order valence-corrected chi connectivity index (χ4v) is 3.29. The van der Waals surface area contributed by atoms with Gasteiger partial charge in [-0.15, -0.1) is 0 Å². The van der Waals surface area contributed by atoms with Gasteiger partial charge in [-0.2, -0.15) is 13.2 Å². The van der Waals surface area contributed by atoms with Gasteiger partial charge in [0.2, 0.25) is 0 Å². The predicted octanol–water partition coefficient (Wildman–Crippen LogP) is 3.22. The lowest BCUT2D eigenvalue weighted by molar-refractivity contribution is -0.385. The van der Waals surface area contributed by atoms with Crippen molar-refractivity contribution in [2.45, 2.75) is 37.9 Å². The van der Waals surface area contributed by atoms with Crippen LogP contribution in [-0.4, -0.2) is 36.3 Å². The lowest BCUT2D eigenvalue weighted by atomic mass is 9.85. The third-order valence-electron chi connectivity index (χ3n) is 4.57. The highest BCUT2D eigenvalue weighted by molar-refractivity contribution is 5.99. The van der Waals surface area contributed by atoms with Crippen molar-refractivity contribution in [2.24, 2.45) is 5.92 Å². The van der Waals surface area contributed by atoms with E-state index in [2.05, 4.69) is 5.32 Å². The van der Waals surface area contributed by atoms with Crippen molar-refractivity contribution < 1.29 is 32.4 Å². The van der Waals surface area contributed by atoms with Gasteiger partial charge in [-0.3, -0.25) is 14.9 Å². The largest absolute Gasteiger partial charge is 0.486 e. The minimum Gasteiger partial charge on any atom is -0.486 e. The maximum absolute atomic E-state index is 12.9. The summed E-state index contributed by atoms with van der Waals surface area (Å²) in [6.45, 7) is 0.471. The van der Waals surface area contributed by atoms with Crippen LogP contribution in [0.2, 0.25) is 0 Å². The van der Waals surface area contributed by atoms with Gasteiger partial charge in [0.05, 0.1) is 16.9 Å². The number of carbonyl (C=O) groups is 1. The summed E-state index contributed by atoms with van der Waals surface area (Å²) >= 11 is 0. The molecule has 0 spiro atoms. The van der Waals surface area contributed by atoms with Gasteiger partial charge in [-0.1, -0.05) is 6.42 Å². The predicted molar refractivity (Wildman–Crippen MR) is 83.4 cm³/mol. The number of benzene rings is 1. The molecule has 142 valence electrons. The average Bonchev–Trinajstić information content (AvgIpc) is 2.60. The Kier molecular flexibility index (Phi) is 4.92. The van der Waals surface area contributed by atoms with E-state index in [-0.39, 0.29) is 43.1 Å². The van der Waals surface area contributed by atoms with E-state index in [4.69, 9.17) is 9.47 Å². The highest BCUT2D eigenvalue weighted by atomic mass is 19.4. The summed E-state index contributed by atoms with van der Waals surface area (Å²) in [7, 11) is 0. The third-order valence-corrected chi connectivity index (χ3v) is 4.57. The van der Waals surface area contributed by atoms with Gasteiger partial charge in [0.25, 0.3) is 11.6 Å². The first kappa shape index (κ1) is 18.3. The SMILES string of the molecule is O=C(NC1CCCC(C(F)(F)F)C1)c1cc2c(cc1[N+](=O)[O-])OCCO2. The number of nitrogens with one attached hydrogen (secondary N) is 1. The molecule has 10 heteroatoms. The molecule has 1 fully saturated rings. The van der Waals surface area contributed by atoms with Crippen molar-refractivity contribution in [3.05, 3.63) is 27.8 Å². The minimum absolute atomic E-state index is 0.0278. The summed E-state index contributed by atoms with van der Waals surface area (Å²) in [6.07, 6.45) is -3.78. The van der Waals surface area contributed by atoms with Gasteiger partial charge in [0.15, 0.2) is 11.5 Å². The molecule has 1 aliphatic heterocycles. The number of amides is 1. The molecule has 0 saturated heterocycles. The molecule has 26 heavy (non-hydrogen) atoms. The number of hydrogen-bond acceptors (Lipinski definition) is 5. The number of halogens is 3. The molecule has 2 unspecified atom stereocenters. The molecule has 0 radical (unpaired) electrons. The van der Waals surface area contributed by atoms with Crippen LogP contribution in [0, 0.1) is 16.0 Å². The highest BCUT2D eigenvalue weighted by Crippen LogP contribution is 2.39. The Morgan fingerprint density at radius 2 is 1.85 bits per heavy atom. The van der Waals surface area contributed by atoms with E-state index in [9.17, 15) is 28.1 Å². The number of ether oxygens (including phenoxy) is 2. The topological polar surface area (TPSA) is 90.7 Å². The number of alkyl halides is 3. The van der Waals surface area contributed by atoms with E-state index < -0.39 is 34.7 Å². The van der Waals surface area contributed by atoms with Crippen molar-refractivity contribution in [1.29, 1.82) is 0 Å². The van der Waals surface area contributed by atoms with E-state index in [1.807, 2.05) is 0 Å². The molecule has 1 aromatic rings. The molecule has 7 nitrogen and oxygen atoms in total. The van der Waals surface area contributed by atoms with E-state index in [1.165, 1.54) is 6.07 Å². The second-order valence-corrected chi connectivity index (χ2v) is 6.35. The van der Waals surface area contributed by atoms with Crippen LogP contribution in [0.15, 0.2) is 12.1 Å². The number of nitro benzene ring substituents is 1. The van der Waals surface area contributed by atoms with Crippen LogP contribution < -0.4 is 14.8 Å². The standard InChI is InChI=1S/C16H17F3N2O5/c17-16(18,19)9-2-1-3-10(6-9)20-15(22)11-7-13-14(26-5-4-25-13)8-12(11)21(23)24/h7-10H,1-6H2,(H,20,22). The first-order chi connectivity index (χ1) is 12.3. The van der Waals surface area contributed by atoms with E-state index in [0.29, 0.717) is 12.8 Å². The molecule has 2 aliphatic rings. The summed E-state index contributed by atoms with van der Waals surface area (Å²) in [5.41, 5.74) is -0.733. The summed E-state index contributed by atoms with van der Waals surface area (Å²) < 4.78 is 49.3. The van der Waals surface area contributed by atoms with Crippen LogP contribution in [-0.2, 0) is 0 Å². The van der Waals surface area contributed by atoms with Gasteiger partial charge in [0.1, 0.15) is 18.8 Å². The molecule has 0 bridgehead atoms. The van der Waals surface area contributed by atoms with Crippen molar-refractivity contribution in [3.63, 3.8) is 0 Å². The monoisotopic (exact) mass is 374 g/mol. The second-order valence-electron chi connectivity index (χ2n) is 6.35. The molecule has 1 aliphatic carbocycles. The Bertz CT molecular complexity index is 723. The third kappa shape index (κ3) is 3.83. The molecule has 1 aromatic carbocycles. The molecule has 1 amide bonds. The maximum Gasteiger partial charge on any atom is 0.391 e. The maximum atomic E-state index is 12.9. The van der Waals surface area contributed by atoms with Crippen LogP contribution >= 0.6 is 0 Å². The Labute approximate surface area is 146 Å². The number of rotatable bonds is 3. The number of fused-ring (bicyclic) bond motifs is 1. The normalized spacial score (nSPS) is 22.6. The molecule has 1 heterocycles. The number of carbonyl (C=O) groups excluding carboxylic acids is 1. The Morgan fingerprint density at radius 1 is 1.19 bits per heavy atom. The van der Waals surface area contributed by atoms with Crippen LogP contribution in [0.5, 0.6) is 11.5 Å². The highest BCUT2D eigenvalue weighted by Gasteiger charge is 2.42. The lowest BCUT2D eigenvalue weighted by Gasteiger charge is -2.31. The van der Waals surface area contributed by atoms with Gasteiger partial charge in [-0.25, -0.2) is 0 Å². The molecular formula is C16H17F3N2O5. The average molecular weight is 374 g/mol. The Balaban J connectivity index is 1.80. The molecule has 1 saturated carbocycles. The molecular weight excluding hydrogens is 357 g/mol. The second kappa shape index (κ2) is 7.00. The number of nitro groups is 1. The summed E-state index contributed by atoms with van der Waals surface area (Å²) in [4.78, 5) is 23.0. The van der Waals surface area contributed by atoms with Crippen LogP contribution in [0.3, 0.4) is 0 Å². The van der Waals surface area contributed by atoms with Crippen LogP contribution in [0.1, 0.15) is 36.0 Å². The van der Waals surface area contributed by atoms with E-state index in [1.54, 1.807) is 0 Å². The summed E-state index contributed by atoms with van der Waals surface area (Å²) in [5, 5.41) is 13.8. The fourth-order valence-electron chi connectivity index (χ4n) is 3.29. The van der Waals surface area contributed by atoms with Crippen molar-refractivity contribution in [1.82, 2.24) is 5.32 Å². The minimum atomic E-state index is -4.31. The zero-order valence-electron chi connectivity index (χ0n) is 13.7. The Morgan fingerprint density at radius 3 is 2.46 bits per heavy atom. The molecule has 1 N–H and O–H groups in total. The zero-order chi connectivity index (χ0) is 18.9.